The lowest BCUT2D eigenvalue weighted by molar-refractivity contribution is 0.238. The molecule has 1 aromatic carbocycles. The first-order valence-electron chi connectivity index (χ1n) is 7.51. The zero-order valence-corrected chi connectivity index (χ0v) is 13.6. The van der Waals surface area contributed by atoms with Gasteiger partial charge in [-0.05, 0) is 35.9 Å². The topological polar surface area (TPSA) is 72.1 Å². The Balaban J connectivity index is 1.54. The van der Waals surface area contributed by atoms with Crippen molar-refractivity contribution in [2.24, 2.45) is 0 Å². The van der Waals surface area contributed by atoms with Gasteiger partial charge in [-0.3, -0.25) is 4.68 Å². The van der Waals surface area contributed by atoms with Crippen molar-refractivity contribution in [3.05, 3.63) is 77.5 Å². The SMILES string of the molecule is O=C(NCc1ccc(Cl)cc1)NC[C@H](c1ccco1)n1cccn1. The molecular weight excluding hydrogens is 328 g/mol. The Kier molecular flexibility index (Phi) is 5.18. The van der Waals surface area contributed by atoms with Crippen LogP contribution in [0, 0.1) is 0 Å². The van der Waals surface area contributed by atoms with Crippen molar-refractivity contribution in [1.29, 1.82) is 0 Å². The van der Waals surface area contributed by atoms with Gasteiger partial charge in [0.25, 0.3) is 0 Å². The molecule has 3 aromatic rings. The van der Waals surface area contributed by atoms with E-state index in [0.29, 0.717) is 18.1 Å². The summed E-state index contributed by atoms with van der Waals surface area (Å²) in [7, 11) is 0. The van der Waals surface area contributed by atoms with Crippen LogP contribution >= 0.6 is 11.6 Å². The molecule has 2 aromatic heterocycles. The highest BCUT2D eigenvalue weighted by molar-refractivity contribution is 6.30. The van der Waals surface area contributed by atoms with Crippen molar-refractivity contribution in [2.45, 2.75) is 12.6 Å². The normalized spacial score (nSPS) is 11.9. The van der Waals surface area contributed by atoms with Crippen LogP contribution in [0.15, 0.2) is 65.5 Å². The molecule has 0 saturated carbocycles. The molecule has 2 N–H and O–H groups in total. The largest absolute Gasteiger partial charge is 0.467 e. The predicted octanol–water partition coefficient (Wildman–Crippen LogP) is 3.22. The quantitative estimate of drug-likeness (QED) is 0.721. The first-order valence-corrected chi connectivity index (χ1v) is 7.89. The Morgan fingerprint density at radius 3 is 2.71 bits per heavy atom. The number of rotatable bonds is 6. The minimum atomic E-state index is -0.256. The monoisotopic (exact) mass is 344 g/mol. The molecule has 2 amide bonds. The van der Waals surface area contributed by atoms with Crippen molar-refractivity contribution < 1.29 is 9.21 Å². The van der Waals surface area contributed by atoms with Crippen molar-refractivity contribution in [3.8, 4) is 0 Å². The number of nitrogens with one attached hydrogen (secondary N) is 2. The molecule has 6 nitrogen and oxygen atoms in total. The molecule has 3 rings (SSSR count). The van der Waals surface area contributed by atoms with Crippen LogP contribution in [0.2, 0.25) is 5.02 Å². The van der Waals surface area contributed by atoms with E-state index in [0.717, 1.165) is 11.3 Å². The molecule has 0 spiro atoms. The molecule has 24 heavy (non-hydrogen) atoms. The number of urea groups is 1. The third-order valence-corrected chi connectivity index (χ3v) is 3.79. The fraction of sp³-hybridized carbons (Fsp3) is 0.176. The van der Waals surface area contributed by atoms with E-state index < -0.39 is 0 Å². The number of furan rings is 1. The van der Waals surface area contributed by atoms with Crippen LogP contribution in [-0.4, -0.2) is 22.4 Å². The van der Waals surface area contributed by atoms with Gasteiger partial charge in [0.05, 0.1) is 6.26 Å². The number of amides is 2. The van der Waals surface area contributed by atoms with Crippen molar-refractivity contribution >= 4 is 17.6 Å². The van der Waals surface area contributed by atoms with E-state index in [1.54, 1.807) is 29.3 Å². The average Bonchev–Trinajstić information content (AvgIpc) is 3.29. The second kappa shape index (κ2) is 7.70. The van der Waals surface area contributed by atoms with E-state index in [2.05, 4.69) is 15.7 Å². The number of hydrogen-bond acceptors (Lipinski definition) is 3. The molecule has 124 valence electrons. The summed E-state index contributed by atoms with van der Waals surface area (Å²) < 4.78 is 7.20. The van der Waals surface area contributed by atoms with E-state index in [9.17, 15) is 4.79 Å². The second-order valence-electron chi connectivity index (χ2n) is 5.21. The summed E-state index contributed by atoms with van der Waals surface area (Å²) in [5, 5.41) is 10.5. The van der Waals surface area contributed by atoms with Gasteiger partial charge in [-0.15, -0.1) is 0 Å². The third kappa shape index (κ3) is 4.17. The maximum Gasteiger partial charge on any atom is 0.315 e. The van der Waals surface area contributed by atoms with Gasteiger partial charge >= 0.3 is 6.03 Å². The van der Waals surface area contributed by atoms with Crippen LogP contribution in [0.1, 0.15) is 17.4 Å². The molecule has 0 bridgehead atoms. The van der Waals surface area contributed by atoms with Crippen LogP contribution in [-0.2, 0) is 6.54 Å². The van der Waals surface area contributed by atoms with E-state index in [-0.39, 0.29) is 12.1 Å². The third-order valence-electron chi connectivity index (χ3n) is 3.54. The fourth-order valence-electron chi connectivity index (χ4n) is 2.31. The van der Waals surface area contributed by atoms with E-state index in [4.69, 9.17) is 16.0 Å². The molecule has 7 heteroatoms. The lowest BCUT2D eigenvalue weighted by atomic mass is 10.2. The number of benzene rings is 1. The molecule has 0 aliphatic carbocycles. The van der Waals surface area contributed by atoms with Gasteiger partial charge < -0.3 is 15.1 Å². The molecule has 0 radical (unpaired) electrons. The predicted molar refractivity (Wildman–Crippen MR) is 90.8 cm³/mol. The van der Waals surface area contributed by atoms with Gasteiger partial charge in [0.2, 0.25) is 0 Å². The maximum absolute atomic E-state index is 12.0. The van der Waals surface area contributed by atoms with Gasteiger partial charge in [-0.1, -0.05) is 23.7 Å². The number of hydrogen-bond donors (Lipinski definition) is 2. The molecule has 1 atom stereocenters. The summed E-state index contributed by atoms with van der Waals surface area (Å²) >= 11 is 5.84. The lowest BCUT2D eigenvalue weighted by Crippen LogP contribution is -2.38. The Labute approximate surface area is 144 Å². The van der Waals surface area contributed by atoms with Crippen LogP contribution in [0.4, 0.5) is 4.79 Å². The lowest BCUT2D eigenvalue weighted by Gasteiger charge is -2.16. The second-order valence-corrected chi connectivity index (χ2v) is 5.64. The minimum absolute atomic E-state index is 0.198. The Morgan fingerprint density at radius 1 is 1.21 bits per heavy atom. The summed E-state index contributed by atoms with van der Waals surface area (Å²) in [5.41, 5.74) is 0.976. The van der Waals surface area contributed by atoms with Gasteiger partial charge in [-0.2, -0.15) is 5.10 Å². The van der Waals surface area contributed by atoms with E-state index in [1.165, 1.54) is 0 Å². The summed E-state index contributed by atoms with van der Waals surface area (Å²) in [6.45, 7) is 0.790. The molecule has 0 aliphatic heterocycles. The molecule has 0 unspecified atom stereocenters. The zero-order chi connectivity index (χ0) is 16.8. The maximum atomic E-state index is 12.0. The summed E-state index contributed by atoms with van der Waals surface area (Å²) in [5.74, 6) is 0.733. The van der Waals surface area contributed by atoms with Crippen LogP contribution in [0.5, 0.6) is 0 Å². The molecule has 0 saturated heterocycles. The number of aromatic nitrogens is 2. The number of nitrogens with zero attached hydrogens (tertiary/aromatic N) is 2. The van der Waals surface area contributed by atoms with Crippen LogP contribution < -0.4 is 10.6 Å². The molecule has 0 fully saturated rings. The van der Waals surface area contributed by atoms with E-state index >= 15 is 0 Å². The highest BCUT2D eigenvalue weighted by Gasteiger charge is 2.17. The van der Waals surface area contributed by atoms with Gasteiger partial charge in [0.15, 0.2) is 0 Å². The molecule has 2 heterocycles. The fourth-order valence-corrected chi connectivity index (χ4v) is 2.43. The first-order chi connectivity index (χ1) is 11.7. The number of carbonyl (C=O) groups excluding carboxylic acids is 1. The summed E-state index contributed by atoms with van der Waals surface area (Å²) in [6.07, 6.45) is 5.13. The average molecular weight is 345 g/mol. The Hall–Kier alpha value is -2.73. The van der Waals surface area contributed by atoms with Gasteiger partial charge in [-0.25, -0.2) is 4.79 Å². The molecular formula is C17H17ClN4O2. The smallest absolute Gasteiger partial charge is 0.315 e. The van der Waals surface area contributed by atoms with Crippen molar-refractivity contribution in [1.82, 2.24) is 20.4 Å². The number of carbonyl (C=O) groups is 1. The van der Waals surface area contributed by atoms with Crippen LogP contribution in [0.25, 0.3) is 0 Å². The minimum Gasteiger partial charge on any atom is -0.467 e. The van der Waals surface area contributed by atoms with Gasteiger partial charge in [0.1, 0.15) is 11.8 Å². The van der Waals surface area contributed by atoms with Crippen LogP contribution in [0.3, 0.4) is 0 Å². The zero-order valence-electron chi connectivity index (χ0n) is 12.9. The van der Waals surface area contributed by atoms with E-state index in [1.807, 2.05) is 36.5 Å². The van der Waals surface area contributed by atoms with Crippen molar-refractivity contribution in [3.63, 3.8) is 0 Å². The number of halogens is 1. The Bertz CT molecular complexity index is 720. The molecule has 0 aliphatic rings. The highest BCUT2D eigenvalue weighted by atomic mass is 35.5. The van der Waals surface area contributed by atoms with Gasteiger partial charge in [0, 0.05) is 30.5 Å². The first kappa shape index (κ1) is 16.1. The summed E-state index contributed by atoms with van der Waals surface area (Å²) in [6, 6.07) is 12.4. The highest BCUT2D eigenvalue weighted by Crippen LogP contribution is 2.17. The Morgan fingerprint density at radius 2 is 2.04 bits per heavy atom. The standard InChI is InChI=1S/C17H17ClN4O2/c18-14-6-4-13(5-7-14)11-19-17(23)20-12-15(16-3-1-10-24-16)22-9-2-8-21-22/h1-10,15H,11-12H2,(H2,19,20,23)/t15-/m1/s1. The summed E-state index contributed by atoms with van der Waals surface area (Å²) in [4.78, 5) is 12.0. The van der Waals surface area contributed by atoms with Crippen molar-refractivity contribution in [2.75, 3.05) is 6.54 Å².